The van der Waals surface area contributed by atoms with Crippen LogP contribution in [0.5, 0.6) is 11.5 Å². The fraction of sp³-hybridized carbons (Fsp3) is 0.471. The van der Waals surface area contributed by atoms with Crippen LogP contribution in [-0.2, 0) is 9.59 Å². The van der Waals surface area contributed by atoms with Gasteiger partial charge < -0.3 is 24.7 Å². The Morgan fingerprint density at radius 3 is 2.33 bits per heavy atom. The molecule has 0 bridgehead atoms. The summed E-state index contributed by atoms with van der Waals surface area (Å²) in [5.41, 5.74) is 0.604. The Morgan fingerprint density at radius 1 is 1.08 bits per heavy atom. The number of carbonyl (C=O) groups excluding carboxylic acids is 3. The number of ether oxygens (including phenoxy) is 2. The maximum absolute atomic E-state index is 12.6. The molecule has 0 radical (unpaired) electrons. The first-order valence-electron chi connectivity index (χ1n) is 7.93. The van der Waals surface area contributed by atoms with Gasteiger partial charge in [-0.05, 0) is 25.8 Å². The summed E-state index contributed by atoms with van der Waals surface area (Å²) in [5, 5.41) is 14.0. The van der Waals surface area contributed by atoms with Gasteiger partial charge in [-0.3, -0.25) is 9.59 Å². The van der Waals surface area contributed by atoms with E-state index in [1.807, 2.05) is 0 Å². The maximum Gasteiger partial charge on any atom is 0.231 e. The molecule has 0 unspecified atom stereocenters. The number of nitrogens with one attached hydrogen (secondary N) is 1. The van der Waals surface area contributed by atoms with Gasteiger partial charge in [-0.25, -0.2) is 0 Å². The number of ketones is 1. The number of carboxylic acids is 1. The summed E-state index contributed by atoms with van der Waals surface area (Å²) >= 11 is 0. The molecule has 1 aliphatic heterocycles. The highest BCUT2D eigenvalue weighted by atomic mass is 16.7. The van der Waals surface area contributed by atoms with E-state index in [2.05, 4.69) is 5.32 Å². The van der Waals surface area contributed by atoms with Gasteiger partial charge in [-0.1, -0.05) is 12.8 Å². The van der Waals surface area contributed by atoms with Gasteiger partial charge in [0.15, 0.2) is 17.3 Å². The molecule has 1 N–H and O–H groups in total. The van der Waals surface area contributed by atoms with Crippen LogP contribution < -0.4 is 19.9 Å². The molecule has 1 heterocycles. The normalized spacial score (nSPS) is 22.0. The van der Waals surface area contributed by atoms with Crippen LogP contribution in [0, 0.1) is 11.8 Å². The second kappa shape index (κ2) is 6.51. The molecule has 1 amide bonds. The monoisotopic (exact) mass is 332 g/mol. The third-order valence-electron chi connectivity index (χ3n) is 4.56. The predicted octanol–water partition coefficient (Wildman–Crippen LogP) is 1.11. The van der Waals surface area contributed by atoms with E-state index in [4.69, 9.17) is 9.47 Å². The van der Waals surface area contributed by atoms with Crippen LogP contribution >= 0.6 is 0 Å². The van der Waals surface area contributed by atoms with Crippen LogP contribution in [0.4, 0.5) is 5.69 Å². The molecule has 1 saturated carbocycles. The van der Waals surface area contributed by atoms with Gasteiger partial charge in [0.05, 0.1) is 5.69 Å². The molecule has 7 heteroatoms. The number of Topliss-reactive ketones (excluding diaryl/α,β-unsaturated/α-hetero) is 1. The molecule has 1 aliphatic carbocycles. The van der Waals surface area contributed by atoms with Crippen molar-refractivity contribution in [3.05, 3.63) is 17.7 Å². The second-order valence-electron chi connectivity index (χ2n) is 6.11. The minimum absolute atomic E-state index is 0.0550. The lowest BCUT2D eigenvalue weighted by molar-refractivity contribution is -0.313. The van der Waals surface area contributed by atoms with E-state index in [1.165, 1.54) is 19.1 Å². The van der Waals surface area contributed by atoms with Crippen molar-refractivity contribution in [2.24, 2.45) is 11.8 Å². The molecule has 1 aromatic rings. The Labute approximate surface area is 138 Å². The Balaban J connectivity index is 1.86. The topological polar surface area (TPSA) is 105 Å². The zero-order valence-corrected chi connectivity index (χ0v) is 13.3. The fourth-order valence-corrected chi connectivity index (χ4v) is 3.29. The van der Waals surface area contributed by atoms with Gasteiger partial charge in [0.1, 0.15) is 0 Å². The molecule has 0 saturated heterocycles. The fourth-order valence-electron chi connectivity index (χ4n) is 3.29. The van der Waals surface area contributed by atoms with Crippen LogP contribution in [0.3, 0.4) is 0 Å². The molecule has 1 aromatic carbocycles. The molecule has 3 rings (SSSR count). The van der Waals surface area contributed by atoms with E-state index in [9.17, 15) is 19.5 Å². The molecular weight excluding hydrogens is 314 g/mol. The zero-order chi connectivity index (χ0) is 17.3. The second-order valence-corrected chi connectivity index (χ2v) is 6.11. The summed E-state index contributed by atoms with van der Waals surface area (Å²) in [6, 6.07) is 3.06. The van der Waals surface area contributed by atoms with E-state index >= 15 is 0 Å². The average molecular weight is 332 g/mol. The third kappa shape index (κ3) is 3.06. The average Bonchev–Trinajstić information content (AvgIpc) is 3.01. The highest BCUT2D eigenvalue weighted by Gasteiger charge is 2.32. The number of benzene rings is 1. The quantitative estimate of drug-likeness (QED) is 0.828. The number of amides is 1. The first-order chi connectivity index (χ1) is 11.5. The lowest BCUT2D eigenvalue weighted by Crippen LogP contribution is -2.42. The van der Waals surface area contributed by atoms with Crippen LogP contribution in [0.25, 0.3) is 0 Å². The van der Waals surface area contributed by atoms with Crippen molar-refractivity contribution < 1.29 is 29.0 Å². The van der Waals surface area contributed by atoms with Crippen molar-refractivity contribution in [3.8, 4) is 11.5 Å². The van der Waals surface area contributed by atoms with E-state index < -0.39 is 23.7 Å². The van der Waals surface area contributed by atoms with Crippen molar-refractivity contribution in [2.45, 2.75) is 32.6 Å². The van der Waals surface area contributed by atoms with Crippen molar-refractivity contribution in [1.29, 1.82) is 0 Å². The summed E-state index contributed by atoms with van der Waals surface area (Å²) in [7, 11) is 0. The first-order valence-corrected chi connectivity index (χ1v) is 7.93. The molecular formula is C17H18NO6-. The van der Waals surface area contributed by atoms with Gasteiger partial charge in [-0.15, -0.1) is 0 Å². The lowest BCUT2D eigenvalue weighted by atomic mass is 9.78. The number of carbonyl (C=O) groups is 3. The lowest BCUT2D eigenvalue weighted by Gasteiger charge is -2.31. The molecule has 1 fully saturated rings. The van der Waals surface area contributed by atoms with Crippen LogP contribution in [0.2, 0.25) is 0 Å². The van der Waals surface area contributed by atoms with Crippen LogP contribution in [0.1, 0.15) is 43.0 Å². The molecule has 0 spiro atoms. The minimum Gasteiger partial charge on any atom is -0.550 e. The molecule has 2 atom stereocenters. The molecule has 24 heavy (non-hydrogen) atoms. The van der Waals surface area contributed by atoms with E-state index in [0.29, 0.717) is 35.6 Å². The number of hydrogen-bond acceptors (Lipinski definition) is 6. The van der Waals surface area contributed by atoms with Gasteiger partial charge in [-0.2, -0.15) is 0 Å². The van der Waals surface area contributed by atoms with Crippen molar-refractivity contribution >= 4 is 23.3 Å². The first kappa shape index (κ1) is 16.3. The van der Waals surface area contributed by atoms with Gasteiger partial charge in [0.2, 0.25) is 12.7 Å². The predicted molar refractivity (Wildman–Crippen MR) is 81.7 cm³/mol. The third-order valence-corrected chi connectivity index (χ3v) is 4.56. The van der Waals surface area contributed by atoms with Crippen molar-refractivity contribution in [3.63, 3.8) is 0 Å². The van der Waals surface area contributed by atoms with Crippen LogP contribution in [-0.4, -0.2) is 24.5 Å². The highest BCUT2D eigenvalue weighted by Crippen LogP contribution is 2.38. The molecule has 0 aromatic heterocycles. The summed E-state index contributed by atoms with van der Waals surface area (Å²) < 4.78 is 10.5. The van der Waals surface area contributed by atoms with Crippen LogP contribution in [0.15, 0.2) is 12.1 Å². The van der Waals surface area contributed by atoms with E-state index in [1.54, 1.807) is 0 Å². The number of rotatable bonds is 4. The number of hydrogen-bond donors (Lipinski definition) is 1. The van der Waals surface area contributed by atoms with Gasteiger partial charge in [0, 0.05) is 29.4 Å². The Bertz CT molecular complexity index is 699. The summed E-state index contributed by atoms with van der Waals surface area (Å²) in [5.74, 6) is -2.41. The van der Waals surface area contributed by atoms with Crippen molar-refractivity contribution in [1.82, 2.24) is 0 Å². The largest absolute Gasteiger partial charge is 0.550 e. The number of carboxylic acid groups (broad SMARTS) is 1. The summed E-state index contributed by atoms with van der Waals surface area (Å²) in [6.07, 6.45) is 2.49. The maximum atomic E-state index is 12.6. The smallest absolute Gasteiger partial charge is 0.231 e. The van der Waals surface area contributed by atoms with Gasteiger partial charge in [0.25, 0.3) is 0 Å². The molecule has 7 nitrogen and oxygen atoms in total. The Hall–Kier alpha value is -2.57. The standard InChI is InChI=1S/C17H19NO6/c1-9(19)12-6-14-15(24-8-23-14)7-13(12)18-16(20)10-4-2-3-5-11(10)17(21)22/h6-7,10-11H,2-5,8H2,1H3,(H,18,20)(H,21,22)/p-1/t10-,11-/m0/s1. The zero-order valence-electron chi connectivity index (χ0n) is 13.3. The minimum atomic E-state index is -1.20. The number of anilines is 1. The molecule has 128 valence electrons. The Morgan fingerprint density at radius 2 is 1.71 bits per heavy atom. The van der Waals surface area contributed by atoms with E-state index in [0.717, 1.165) is 12.8 Å². The SMILES string of the molecule is CC(=O)c1cc2c(cc1NC(=O)[C@H]1CCCC[C@@H]1C(=O)[O-])OCO2. The van der Waals surface area contributed by atoms with Crippen molar-refractivity contribution in [2.75, 3.05) is 12.1 Å². The molecule has 2 aliphatic rings. The number of aliphatic carboxylic acids is 1. The summed E-state index contributed by atoms with van der Waals surface area (Å²) in [4.78, 5) is 35.7. The van der Waals surface area contributed by atoms with E-state index in [-0.39, 0.29) is 12.6 Å². The number of fused-ring (bicyclic) bond motifs is 1. The summed E-state index contributed by atoms with van der Waals surface area (Å²) in [6.45, 7) is 1.44. The van der Waals surface area contributed by atoms with Gasteiger partial charge >= 0.3 is 0 Å². The Kier molecular flexibility index (Phi) is 4.42. The highest BCUT2D eigenvalue weighted by molar-refractivity contribution is 6.05.